The third-order valence-electron chi connectivity index (χ3n) is 2.32. The molecule has 0 saturated carbocycles. The molecule has 0 aromatic rings. The fourth-order valence-corrected chi connectivity index (χ4v) is 2.23. The average Bonchev–Trinajstić information content (AvgIpc) is 2.25. The Morgan fingerprint density at radius 1 is 0.900 bits per heavy atom. The number of hydrogen-bond donors (Lipinski definition) is 7. The third-order valence-corrected chi connectivity index (χ3v) is 3.28. The Morgan fingerprint density at radius 3 is 1.90 bits per heavy atom. The summed E-state index contributed by atoms with van der Waals surface area (Å²) in [6, 6.07) is 0. The van der Waals surface area contributed by atoms with Crippen LogP contribution in [0.2, 0.25) is 0 Å². The van der Waals surface area contributed by atoms with E-state index in [0.717, 1.165) is 0 Å². The lowest BCUT2D eigenvalue weighted by Crippen LogP contribution is -2.59. The molecule has 120 valence electrons. The maximum Gasteiger partial charge on any atom is 0.472 e. The highest BCUT2D eigenvalue weighted by molar-refractivity contribution is 7.46. The quantitative estimate of drug-likeness (QED) is 0.250. The van der Waals surface area contributed by atoms with Crippen LogP contribution >= 0.6 is 15.6 Å². The number of hydrogen-bond acceptors (Lipinski definition) is 8. The zero-order chi connectivity index (χ0) is 15.7. The van der Waals surface area contributed by atoms with Gasteiger partial charge in [0.15, 0.2) is 6.29 Å². The summed E-state index contributed by atoms with van der Waals surface area (Å²) >= 11 is 0. The molecular weight excluding hydrogens is 326 g/mol. The molecule has 1 rings (SSSR count). The van der Waals surface area contributed by atoms with E-state index in [0.29, 0.717) is 0 Å². The monoisotopic (exact) mass is 340 g/mol. The number of aliphatic hydroxyl groups is 3. The first kappa shape index (κ1) is 18.1. The molecule has 20 heavy (non-hydrogen) atoms. The molecule has 0 aliphatic carbocycles. The van der Waals surface area contributed by atoms with E-state index in [1.165, 1.54) is 0 Å². The van der Waals surface area contributed by atoms with Crippen molar-refractivity contribution in [3.05, 3.63) is 0 Å². The van der Waals surface area contributed by atoms with Crippen LogP contribution in [0.1, 0.15) is 0 Å². The molecule has 0 spiro atoms. The normalized spacial score (nSPS) is 36.0. The SMILES string of the molecule is O=P(O)(O)OCC1O[C@@H](OP(=O)(O)O)C(O)[C@H](O)[C@@H]1O. The molecule has 1 aliphatic rings. The van der Waals surface area contributed by atoms with Crippen molar-refractivity contribution in [2.24, 2.45) is 0 Å². The Bertz CT molecular complexity index is 412. The van der Waals surface area contributed by atoms with Crippen LogP contribution in [0.15, 0.2) is 0 Å². The van der Waals surface area contributed by atoms with Crippen molar-refractivity contribution in [3.8, 4) is 0 Å². The lowest BCUT2D eigenvalue weighted by atomic mass is 10.00. The Morgan fingerprint density at radius 2 is 1.45 bits per heavy atom. The number of phosphoric ester groups is 2. The van der Waals surface area contributed by atoms with Crippen molar-refractivity contribution >= 4 is 15.6 Å². The smallest absolute Gasteiger partial charge is 0.387 e. The summed E-state index contributed by atoms with van der Waals surface area (Å²) in [4.78, 5) is 34.1. The van der Waals surface area contributed by atoms with Crippen LogP contribution in [-0.4, -0.2) is 72.2 Å². The van der Waals surface area contributed by atoms with Gasteiger partial charge >= 0.3 is 15.6 Å². The first-order valence-corrected chi connectivity index (χ1v) is 8.10. The number of phosphoric acid groups is 2. The summed E-state index contributed by atoms with van der Waals surface area (Å²) in [6.45, 7) is -0.907. The minimum atomic E-state index is -5.07. The molecule has 1 saturated heterocycles. The van der Waals surface area contributed by atoms with Crippen LogP contribution in [0.25, 0.3) is 0 Å². The van der Waals surface area contributed by atoms with Gasteiger partial charge in [-0.25, -0.2) is 9.13 Å². The molecule has 12 nitrogen and oxygen atoms in total. The van der Waals surface area contributed by atoms with Crippen molar-refractivity contribution in [2.45, 2.75) is 30.7 Å². The zero-order valence-electron chi connectivity index (χ0n) is 9.66. The van der Waals surface area contributed by atoms with Gasteiger partial charge in [-0.15, -0.1) is 0 Å². The second-order valence-corrected chi connectivity index (χ2v) is 6.33. The predicted molar refractivity (Wildman–Crippen MR) is 57.8 cm³/mol. The van der Waals surface area contributed by atoms with Crippen LogP contribution in [0, 0.1) is 0 Å². The molecule has 5 atom stereocenters. The summed E-state index contributed by atoms with van der Waals surface area (Å²) in [5, 5.41) is 28.4. The highest BCUT2D eigenvalue weighted by Crippen LogP contribution is 2.41. The van der Waals surface area contributed by atoms with E-state index in [1.54, 1.807) is 0 Å². The third kappa shape index (κ3) is 5.45. The Balaban J connectivity index is 2.76. The van der Waals surface area contributed by atoms with E-state index < -0.39 is 53.0 Å². The van der Waals surface area contributed by atoms with Gasteiger partial charge in [0.1, 0.15) is 24.4 Å². The Kier molecular flexibility index (Phi) is 5.83. The van der Waals surface area contributed by atoms with E-state index in [2.05, 4.69) is 9.05 Å². The summed E-state index contributed by atoms with van der Waals surface area (Å²) < 4.78 is 33.9. The van der Waals surface area contributed by atoms with Gasteiger partial charge in [0.25, 0.3) is 0 Å². The zero-order valence-corrected chi connectivity index (χ0v) is 11.4. The van der Waals surface area contributed by atoms with Crippen LogP contribution in [0.4, 0.5) is 0 Å². The Hall–Kier alpha value is 0.0600. The highest BCUT2D eigenvalue weighted by atomic mass is 31.2. The molecule has 0 aromatic carbocycles. The van der Waals surface area contributed by atoms with E-state index in [4.69, 9.17) is 24.3 Å². The van der Waals surface area contributed by atoms with Crippen molar-refractivity contribution in [1.82, 2.24) is 0 Å². The first-order chi connectivity index (χ1) is 8.91. The second kappa shape index (κ2) is 6.44. The maximum atomic E-state index is 10.6. The standard InChI is InChI=1S/C6H14O12P2/c7-3-2(1-16-19(10,11)12)17-6(5(9)4(3)8)18-20(13,14)15/h2-9H,1H2,(H2,10,11,12)(H2,13,14,15)/t2?,3-,4-,5?,6+/m1/s1. The predicted octanol–water partition coefficient (Wildman–Crippen LogP) is -2.99. The van der Waals surface area contributed by atoms with Crippen LogP contribution in [0.5, 0.6) is 0 Å². The van der Waals surface area contributed by atoms with E-state index in [-0.39, 0.29) is 0 Å². The fraction of sp³-hybridized carbons (Fsp3) is 1.00. The molecule has 14 heteroatoms. The van der Waals surface area contributed by atoms with Gasteiger partial charge in [0.2, 0.25) is 0 Å². The van der Waals surface area contributed by atoms with Gasteiger partial charge in [-0.2, -0.15) is 0 Å². The second-order valence-electron chi connectivity index (χ2n) is 3.90. The molecule has 0 bridgehead atoms. The summed E-state index contributed by atoms with van der Waals surface area (Å²) in [6.07, 6.45) is -9.32. The highest BCUT2D eigenvalue weighted by Gasteiger charge is 2.47. The number of ether oxygens (including phenoxy) is 1. The molecule has 1 aliphatic heterocycles. The fourth-order valence-electron chi connectivity index (χ4n) is 1.45. The van der Waals surface area contributed by atoms with Crippen molar-refractivity contribution < 1.29 is 57.8 Å². The minimum absolute atomic E-state index is 0.907. The van der Waals surface area contributed by atoms with Crippen LogP contribution < -0.4 is 0 Å². The van der Waals surface area contributed by atoms with E-state index in [9.17, 15) is 24.4 Å². The van der Waals surface area contributed by atoms with Gasteiger partial charge in [0, 0.05) is 0 Å². The molecule has 7 N–H and O–H groups in total. The number of rotatable bonds is 5. The van der Waals surface area contributed by atoms with Crippen molar-refractivity contribution in [1.29, 1.82) is 0 Å². The van der Waals surface area contributed by atoms with Gasteiger partial charge in [-0.1, -0.05) is 0 Å². The first-order valence-electron chi connectivity index (χ1n) is 5.04. The lowest BCUT2D eigenvalue weighted by Gasteiger charge is -2.39. The topological polar surface area (TPSA) is 203 Å². The maximum absolute atomic E-state index is 10.6. The van der Waals surface area contributed by atoms with Crippen molar-refractivity contribution in [3.63, 3.8) is 0 Å². The molecule has 1 heterocycles. The molecule has 0 amide bonds. The summed E-state index contributed by atoms with van der Waals surface area (Å²) in [5.74, 6) is 0. The van der Waals surface area contributed by atoms with Gasteiger partial charge in [0.05, 0.1) is 6.61 Å². The molecule has 0 aromatic heterocycles. The van der Waals surface area contributed by atoms with Crippen LogP contribution in [0.3, 0.4) is 0 Å². The average molecular weight is 340 g/mol. The summed E-state index contributed by atoms with van der Waals surface area (Å²) in [5.41, 5.74) is 0. The molecule has 0 radical (unpaired) electrons. The van der Waals surface area contributed by atoms with E-state index >= 15 is 0 Å². The Labute approximate surface area is 112 Å². The summed E-state index contributed by atoms with van der Waals surface area (Å²) in [7, 11) is -9.95. The van der Waals surface area contributed by atoms with Gasteiger partial charge in [-0.3, -0.25) is 9.05 Å². The number of aliphatic hydroxyl groups excluding tert-OH is 3. The lowest BCUT2D eigenvalue weighted by molar-refractivity contribution is -0.279. The van der Waals surface area contributed by atoms with Crippen molar-refractivity contribution in [2.75, 3.05) is 6.61 Å². The van der Waals surface area contributed by atoms with Gasteiger partial charge in [-0.05, 0) is 0 Å². The molecule has 2 unspecified atom stereocenters. The molecule has 1 fully saturated rings. The minimum Gasteiger partial charge on any atom is -0.387 e. The molecular formula is C6H14O12P2. The van der Waals surface area contributed by atoms with Crippen LogP contribution in [-0.2, 0) is 22.9 Å². The largest absolute Gasteiger partial charge is 0.472 e. The van der Waals surface area contributed by atoms with Gasteiger partial charge < -0.3 is 39.6 Å². The van der Waals surface area contributed by atoms with E-state index in [1.807, 2.05) is 0 Å².